The first-order valence-electron chi connectivity index (χ1n) is 36.5. The molecule has 0 aromatic rings. The maximum atomic E-state index is 13.0. The quantitative estimate of drug-likeness (QED) is 0.0169. The van der Waals surface area contributed by atoms with Gasteiger partial charge < -0.3 is 33.8 Å². The van der Waals surface area contributed by atoms with Crippen LogP contribution < -0.4 is 0 Å². The molecular formula is C71H134O17P2. The van der Waals surface area contributed by atoms with Crippen molar-refractivity contribution in [2.24, 2.45) is 5.92 Å². The molecule has 90 heavy (non-hydrogen) atoms. The first kappa shape index (κ1) is 87.5. The molecule has 19 heteroatoms. The SMILES string of the molecule is CCCCCC/C=C\C=C/CCCCCCCC(=O)OC[C@H](COP(=O)(O)OC[C@@H](O)COP(=O)(O)OC[C@@H](COC(=O)CCCCCCC)OC(=O)CCCCCCCCCCCCC)OC(=O)CCCCCCCCCCCCCCCCCCC(C)C. The Balaban J connectivity index is 5.18. The monoisotopic (exact) mass is 1320 g/mol. The van der Waals surface area contributed by atoms with Crippen molar-refractivity contribution in [3.8, 4) is 0 Å². The summed E-state index contributed by atoms with van der Waals surface area (Å²) in [6.45, 7) is 7.12. The molecule has 3 N–H and O–H groups in total. The third-order valence-electron chi connectivity index (χ3n) is 15.9. The molecule has 0 saturated heterocycles. The van der Waals surface area contributed by atoms with Gasteiger partial charge in [0, 0.05) is 25.7 Å². The molecule has 5 atom stereocenters. The molecule has 0 heterocycles. The van der Waals surface area contributed by atoms with Crippen LogP contribution in [0.15, 0.2) is 24.3 Å². The van der Waals surface area contributed by atoms with Crippen molar-refractivity contribution in [3.63, 3.8) is 0 Å². The molecule has 0 amide bonds. The number of rotatable bonds is 69. The summed E-state index contributed by atoms with van der Waals surface area (Å²) in [5.41, 5.74) is 0. The summed E-state index contributed by atoms with van der Waals surface area (Å²) in [6.07, 6.45) is 53.9. The Morgan fingerprint density at radius 1 is 0.344 bits per heavy atom. The second kappa shape index (κ2) is 63.9. The number of phosphoric acid groups is 2. The largest absolute Gasteiger partial charge is 0.472 e. The summed E-state index contributed by atoms with van der Waals surface area (Å²) in [6, 6.07) is 0. The van der Waals surface area contributed by atoms with Gasteiger partial charge >= 0.3 is 39.5 Å². The summed E-state index contributed by atoms with van der Waals surface area (Å²) >= 11 is 0. The van der Waals surface area contributed by atoms with Crippen molar-refractivity contribution in [1.29, 1.82) is 0 Å². The first-order valence-corrected chi connectivity index (χ1v) is 39.4. The third kappa shape index (κ3) is 64.3. The molecule has 0 aliphatic rings. The number of phosphoric ester groups is 2. The van der Waals surface area contributed by atoms with Gasteiger partial charge in [-0.2, -0.15) is 0 Å². The van der Waals surface area contributed by atoms with Crippen molar-refractivity contribution in [3.05, 3.63) is 24.3 Å². The lowest BCUT2D eigenvalue weighted by atomic mass is 10.0. The van der Waals surface area contributed by atoms with E-state index in [9.17, 15) is 43.2 Å². The number of carbonyl (C=O) groups is 4. The predicted molar refractivity (Wildman–Crippen MR) is 363 cm³/mol. The van der Waals surface area contributed by atoms with Crippen LogP contribution in [0.4, 0.5) is 0 Å². The van der Waals surface area contributed by atoms with E-state index in [-0.39, 0.29) is 25.7 Å². The lowest BCUT2D eigenvalue weighted by Crippen LogP contribution is -2.30. The zero-order chi connectivity index (χ0) is 66.3. The van der Waals surface area contributed by atoms with Gasteiger partial charge in [0.2, 0.25) is 0 Å². The fraction of sp³-hybridized carbons (Fsp3) is 0.887. The summed E-state index contributed by atoms with van der Waals surface area (Å²) in [5.74, 6) is -1.36. The highest BCUT2D eigenvalue weighted by Gasteiger charge is 2.30. The molecule has 0 saturated carbocycles. The molecule has 0 fully saturated rings. The molecular weight excluding hydrogens is 1190 g/mol. The van der Waals surface area contributed by atoms with Gasteiger partial charge in [0.15, 0.2) is 12.2 Å². The summed E-state index contributed by atoms with van der Waals surface area (Å²) in [7, 11) is -9.90. The van der Waals surface area contributed by atoms with Gasteiger partial charge in [0.25, 0.3) is 0 Å². The Morgan fingerprint density at radius 2 is 0.600 bits per heavy atom. The minimum atomic E-state index is -4.96. The molecule has 0 aromatic carbocycles. The number of unbranched alkanes of at least 4 members (excludes halogenated alkanes) is 38. The number of aliphatic hydroxyl groups is 1. The van der Waals surface area contributed by atoms with Gasteiger partial charge in [-0.25, -0.2) is 9.13 Å². The van der Waals surface area contributed by atoms with Crippen molar-refractivity contribution in [1.82, 2.24) is 0 Å². The summed E-state index contributed by atoms with van der Waals surface area (Å²) in [5, 5.41) is 10.6. The standard InChI is InChI=1S/C71H134O17P2/c1-6-9-12-15-17-19-21-22-25-29-33-36-40-45-50-55-69(74)82-61-67(88-71(76)57-52-47-42-38-34-30-27-24-23-26-28-32-35-39-44-48-53-64(4)5)63-86-90(79,80)84-59-65(72)58-83-89(77,78)85-62-66(60-81-68(73)54-49-43-14-11-8-3)87-70(75)56-51-46-41-37-31-20-18-16-13-10-7-2/h19,21-22,25,64-67,72H,6-18,20,23-24,26-63H2,1-5H3,(H,77,78)(H,79,80)/b21-19-,25-22-/t65-,66+,67+/m0/s1. The summed E-state index contributed by atoms with van der Waals surface area (Å²) in [4.78, 5) is 72.2. The van der Waals surface area contributed by atoms with Crippen LogP contribution in [0.1, 0.15) is 343 Å². The van der Waals surface area contributed by atoms with Crippen LogP contribution in [0.5, 0.6) is 0 Å². The Hall–Kier alpha value is -2.46. The fourth-order valence-electron chi connectivity index (χ4n) is 10.3. The van der Waals surface area contributed by atoms with Crippen molar-refractivity contribution in [2.45, 2.75) is 361 Å². The van der Waals surface area contributed by atoms with Crippen LogP contribution in [0.2, 0.25) is 0 Å². The van der Waals surface area contributed by atoms with E-state index < -0.39 is 97.5 Å². The number of esters is 4. The zero-order valence-corrected chi connectivity index (χ0v) is 59.5. The highest BCUT2D eigenvalue weighted by molar-refractivity contribution is 7.47. The maximum absolute atomic E-state index is 13.0. The highest BCUT2D eigenvalue weighted by Crippen LogP contribution is 2.45. The number of allylic oxidation sites excluding steroid dienone is 4. The fourth-order valence-corrected chi connectivity index (χ4v) is 11.9. The molecule has 17 nitrogen and oxygen atoms in total. The maximum Gasteiger partial charge on any atom is 0.472 e. The van der Waals surface area contributed by atoms with E-state index in [1.165, 1.54) is 141 Å². The molecule has 0 aliphatic carbocycles. The zero-order valence-electron chi connectivity index (χ0n) is 57.8. The smallest absolute Gasteiger partial charge is 0.462 e. The number of hydrogen-bond donors (Lipinski definition) is 3. The van der Waals surface area contributed by atoms with Crippen LogP contribution in [-0.4, -0.2) is 96.7 Å². The lowest BCUT2D eigenvalue weighted by molar-refractivity contribution is -0.161. The first-order chi connectivity index (χ1) is 43.5. The van der Waals surface area contributed by atoms with Gasteiger partial charge in [-0.05, 0) is 57.3 Å². The third-order valence-corrected chi connectivity index (χ3v) is 17.8. The topological polar surface area (TPSA) is 237 Å². The van der Waals surface area contributed by atoms with E-state index in [1.807, 2.05) is 0 Å². The average Bonchev–Trinajstić information content (AvgIpc) is 3.03. The lowest BCUT2D eigenvalue weighted by Gasteiger charge is -2.21. The van der Waals surface area contributed by atoms with E-state index in [4.69, 9.17) is 37.0 Å². The van der Waals surface area contributed by atoms with E-state index in [0.717, 1.165) is 121 Å². The van der Waals surface area contributed by atoms with Crippen molar-refractivity contribution in [2.75, 3.05) is 39.6 Å². The molecule has 0 spiro atoms. The van der Waals surface area contributed by atoms with Gasteiger partial charge in [-0.3, -0.25) is 37.3 Å². The van der Waals surface area contributed by atoms with Crippen molar-refractivity contribution < 1.29 is 80.2 Å². The minimum Gasteiger partial charge on any atom is -0.462 e. The Morgan fingerprint density at radius 3 is 0.911 bits per heavy atom. The molecule has 530 valence electrons. The second-order valence-corrected chi connectivity index (χ2v) is 28.3. The second-order valence-electron chi connectivity index (χ2n) is 25.4. The Kier molecular flexibility index (Phi) is 62.2. The van der Waals surface area contributed by atoms with Crippen LogP contribution in [0.3, 0.4) is 0 Å². The van der Waals surface area contributed by atoms with E-state index in [0.29, 0.717) is 25.7 Å². The average molecular weight is 1320 g/mol. The van der Waals surface area contributed by atoms with Crippen LogP contribution in [0, 0.1) is 5.92 Å². The van der Waals surface area contributed by atoms with E-state index in [1.54, 1.807) is 0 Å². The van der Waals surface area contributed by atoms with Crippen LogP contribution in [-0.2, 0) is 65.4 Å². The normalized spacial score (nSPS) is 14.2. The molecule has 2 unspecified atom stereocenters. The number of hydrogen-bond acceptors (Lipinski definition) is 15. The number of ether oxygens (including phenoxy) is 4. The van der Waals surface area contributed by atoms with Crippen LogP contribution >= 0.6 is 15.6 Å². The van der Waals surface area contributed by atoms with E-state index >= 15 is 0 Å². The Bertz CT molecular complexity index is 1830. The number of aliphatic hydroxyl groups excluding tert-OH is 1. The molecule has 0 radical (unpaired) electrons. The highest BCUT2D eigenvalue weighted by atomic mass is 31.2. The van der Waals surface area contributed by atoms with Crippen LogP contribution in [0.25, 0.3) is 0 Å². The molecule has 0 rings (SSSR count). The van der Waals surface area contributed by atoms with E-state index in [2.05, 4.69) is 58.9 Å². The van der Waals surface area contributed by atoms with Gasteiger partial charge in [-0.1, -0.05) is 290 Å². The van der Waals surface area contributed by atoms with Crippen molar-refractivity contribution >= 4 is 39.5 Å². The molecule has 0 aliphatic heterocycles. The Labute approximate surface area is 548 Å². The molecule has 0 aromatic heterocycles. The summed E-state index contributed by atoms with van der Waals surface area (Å²) < 4.78 is 68.0. The minimum absolute atomic E-state index is 0.101. The van der Waals surface area contributed by atoms with Gasteiger partial charge in [-0.15, -0.1) is 0 Å². The molecule has 0 bridgehead atoms. The predicted octanol–water partition coefficient (Wildman–Crippen LogP) is 20.1. The van der Waals surface area contributed by atoms with Gasteiger partial charge in [0.05, 0.1) is 26.4 Å². The van der Waals surface area contributed by atoms with Gasteiger partial charge in [0.1, 0.15) is 19.3 Å². The number of carbonyl (C=O) groups excluding carboxylic acids is 4.